The van der Waals surface area contributed by atoms with Gasteiger partial charge in [0, 0.05) is 12.0 Å². The Labute approximate surface area is 204 Å². The van der Waals surface area contributed by atoms with E-state index in [2.05, 4.69) is 0 Å². The second-order valence-electron chi connectivity index (χ2n) is 9.32. The van der Waals surface area contributed by atoms with Gasteiger partial charge in [-0.2, -0.15) is 0 Å². The summed E-state index contributed by atoms with van der Waals surface area (Å²) in [4.78, 5) is 25.4. The van der Waals surface area contributed by atoms with Crippen molar-refractivity contribution in [3.8, 4) is 0 Å². The molecule has 0 atom stereocenters. The lowest BCUT2D eigenvalue weighted by molar-refractivity contribution is -0.113. The van der Waals surface area contributed by atoms with Crippen molar-refractivity contribution in [2.45, 2.75) is 80.3 Å². The highest BCUT2D eigenvalue weighted by molar-refractivity contribution is 6.20. The van der Waals surface area contributed by atoms with Crippen LogP contribution in [0.2, 0.25) is 0 Å². The topological polar surface area (TPSA) is 97.1 Å². The third-order valence-corrected chi connectivity index (χ3v) is 6.90. The minimum absolute atomic E-state index is 0.0968. The van der Waals surface area contributed by atoms with Crippen molar-refractivity contribution < 1.29 is 28.5 Å². The molecule has 0 spiro atoms. The van der Waals surface area contributed by atoms with E-state index in [4.69, 9.17) is 24.7 Å². The van der Waals surface area contributed by atoms with Gasteiger partial charge in [0.25, 0.3) is 5.91 Å². The number of rotatable bonds is 10. The fourth-order valence-electron chi connectivity index (χ4n) is 4.76. The maximum atomic E-state index is 12.9. The van der Waals surface area contributed by atoms with Gasteiger partial charge >= 0.3 is 6.16 Å². The number of primary amides is 1. The Hall–Kier alpha value is -2.38. The maximum Gasteiger partial charge on any atom is 0.513 e. The summed E-state index contributed by atoms with van der Waals surface area (Å²) in [6.45, 7) is 15.6. The SMILES string of the molecule is CCOCCOC1CCC(C)(/C(OC(=O)OCC)=C(\C(N)=O)c2c(C)cc(C)c(C)c2C)CC1. The van der Waals surface area contributed by atoms with Gasteiger partial charge in [0.05, 0.1) is 31.5 Å². The molecule has 34 heavy (non-hydrogen) atoms. The quantitative estimate of drug-likeness (QED) is 0.214. The summed E-state index contributed by atoms with van der Waals surface area (Å²) < 4.78 is 22.2. The van der Waals surface area contributed by atoms with Crippen LogP contribution in [-0.4, -0.2) is 44.6 Å². The molecule has 190 valence electrons. The van der Waals surface area contributed by atoms with Gasteiger partial charge in [-0.05, 0) is 95.0 Å². The summed E-state index contributed by atoms with van der Waals surface area (Å²) >= 11 is 0. The van der Waals surface area contributed by atoms with E-state index in [1.165, 1.54) is 0 Å². The molecule has 0 radical (unpaired) electrons. The van der Waals surface area contributed by atoms with E-state index in [1.54, 1.807) is 6.92 Å². The second-order valence-corrected chi connectivity index (χ2v) is 9.32. The Bertz CT molecular complexity index is 912. The van der Waals surface area contributed by atoms with E-state index in [0.29, 0.717) is 38.4 Å². The van der Waals surface area contributed by atoms with Crippen molar-refractivity contribution >= 4 is 17.6 Å². The highest BCUT2D eigenvalue weighted by Gasteiger charge is 2.41. The van der Waals surface area contributed by atoms with Crippen LogP contribution in [0.25, 0.3) is 5.57 Å². The summed E-state index contributed by atoms with van der Waals surface area (Å²) in [6.07, 6.45) is 2.18. The summed E-state index contributed by atoms with van der Waals surface area (Å²) in [7, 11) is 0. The van der Waals surface area contributed by atoms with E-state index < -0.39 is 17.5 Å². The molecule has 0 unspecified atom stereocenters. The zero-order valence-electron chi connectivity index (χ0n) is 21.8. The third kappa shape index (κ3) is 6.60. The zero-order valence-corrected chi connectivity index (χ0v) is 21.8. The predicted molar refractivity (Wildman–Crippen MR) is 132 cm³/mol. The van der Waals surface area contributed by atoms with Gasteiger partial charge in [-0.3, -0.25) is 4.79 Å². The molecule has 1 aromatic rings. The van der Waals surface area contributed by atoms with Crippen LogP contribution in [0.15, 0.2) is 11.8 Å². The first-order valence-electron chi connectivity index (χ1n) is 12.2. The minimum atomic E-state index is -0.827. The number of allylic oxidation sites excluding steroid dienone is 1. The average molecular weight is 476 g/mol. The monoisotopic (exact) mass is 475 g/mol. The van der Waals surface area contributed by atoms with Crippen LogP contribution in [0, 0.1) is 33.1 Å². The molecule has 2 N–H and O–H groups in total. The zero-order chi connectivity index (χ0) is 25.5. The molecule has 0 heterocycles. The van der Waals surface area contributed by atoms with E-state index in [-0.39, 0.29) is 18.3 Å². The number of carbonyl (C=O) groups excluding carboxylic acids is 2. The van der Waals surface area contributed by atoms with Gasteiger partial charge in [-0.25, -0.2) is 4.79 Å². The molecule has 7 nitrogen and oxygen atoms in total. The minimum Gasteiger partial charge on any atom is -0.434 e. The van der Waals surface area contributed by atoms with Crippen LogP contribution >= 0.6 is 0 Å². The van der Waals surface area contributed by atoms with E-state index in [9.17, 15) is 9.59 Å². The summed E-state index contributed by atoms with van der Waals surface area (Å²) in [6, 6.07) is 2.04. The number of amides is 1. The lowest BCUT2D eigenvalue weighted by Crippen LogP contribution is -2.34. The van der Waals surface area contributed by atoms with Gasteiger partial charge < -0.3 is 24.7 Å². The van der Waals surface area contributed by atoms with E-state index in [0.717, 1.165) is 40.7 Å². The smallest absolute Gasteiger partial charge is 0.434 e. The second kappa shape index (κ2) is 12.4. The summed E-state index contributed by atoms with van der Waals surface area (Å²) in [5.74, 6) is -0.328. The molecule has 0 aromatic heterocycles. The van der Waals surface area contributed by atoms with Crippen LogP contribution in [-0.2, 0) is 23.7 Å². The highest BCUT2D eigenvalue weighted by atomic mass is 16.7. The van der Waals surface area contributed by atoms with Gasteiger partial charge in [0.2, 0.25) is 0 Å². The van der Waals surface area contributed by atoms with Crippen molar-refractivity contribution in [1.82, 2.24) is 0 Å². The molecule has 1 saturated carbocycles. The largest absolute Gasteiger partial charge is 0.513 e. The molecule has 2 rings (SSSR count). The van der Waals surface area contributed by atoms with Crippen LogP contribution in [0.4, 0.5) is 4.79 Å². The number of carbonyl (C=O) groups is 2. The normalized spacial score (nSPS) is 21.1. The fourth-order valence-corrected chi connectivity index (χ4v) is 4.76. The molecule has 1 aromatic carbocycles. The standard InChI is InChI=1S/C27H41NO6/c1-8-31-14-15-33-21-10-12-27(7,13-11-21)24(34-26(30)32-9-2)23(25(28)29)22-18(4)16-17(3)19(5)20(22)6/h16,21H,8-15H2,1-7H3,(H2,28,29)/b24-23+. The lowest BCUT2D eigenvalue weighted by atomic mass is 9.71. The lowest BCUT2D eigenvalue weighted by Gasteiger charge is -2.39. The fraction of sp³-hybridized carbons (Fsp3) is 0.630. The molecular formula is C27H41NO6. The van der Waals surface area contributed by atoms with Crippen molar-refractivity contribution in [2.24, 2.45) is 11.1 Å². The average Bonchev–Trinajstić information content (AvgIpc) is 2.78. The highest BCUT2D eigenvalue weighted by Crippen LogP contribution is 2.47. The Morgan fingerprint density at radius 2 is 1.65 bits per heavy atom. The number of ether oxygens (including phenoxy) is 4. The molecule has 1 amide bonds. The number of hydrogen-bond acceptors (Lipinski definition) is 6. The van der Waals surface area contributed by atoms with E-state index in [1.807, 2.05) is 47.6 Å². The number of benzene rings is 1. The van der Waals surface area contributed by atoms with Crippen molar-refractivity contribution in [1.29, 1.82) is 0 Å². The van der Waals surface area contributed by atoms with E-state index >= 15 is 0 Å². The summed E-state index contributed by atoms with van der Waals surface area (Å²) in [5.41, 5.74) is 10.4. The van der Waals surface area contributed by atoms with Gasteiger partial charge in [-0.1, -0.05) is 13.0 Å². The van der Waals surface area contributed by atoms with Crippen molar-refractivity contribution in [3.05, 3.63) is 39.6 Å². The first-order chi connectivity index (χ1) is 16.1. The Morgan fingerprint density at radius 3 is 2.21 bits per heavy atom. The number of hydrogen-bond donors (Lipinski definition) is 1. The molecule has 7 heteroatoms. The molecule has 0 aliphatic heterocycles. The molecule has 0 saturated heterocycles. The Balaban J connectivity index is 2.52. The van der Waals surface area contributed by atoms with Crippen LogP contribution in [0.5, 0.6) is 0 Å². The maximum absolute atomic E-state index is 12.9. The van der Waals surface area contributed by atoms with Gasteiger partial charge in [0.1, 0.15) is 5.76 Å². The molecule has 0 bridgehead atoms. The predicted octanol–water partition coefficient (Wildman–Crippen LogP) is 5.29. The molecule has 1 fully saturated rings. The van der Waals surface area contributed by atoms with Crippen molar-refractivity contribution in [2.75, 3.05) is 26.4 Å². The molecule has 1 aliphatic rings. The van der Waals surface area contributed by atoms with Gasteiger partial charge in [0.15, 0.2) is 0 Å². The molecular weight excluding hydrogens is 434 g/mol. The Kier molecular flexibility index (Phi) is 10.1. The number of aryl methyl sites for hydroxylation is 2. The van der Waals surface area contributed by atoms with Crippen LogP contribution in [0.3, 0.4) is 0 Å². The first-order valence-corrected chi connectivity index (χ1v) is 12.2. The van der Waals surface area contributed by atoms with Crippen molar-refractivity contribution in [3.63, 3.8) is 0 Å². The van der Waals surface area contributed by atoms with Crippen LogP contribution < -0.4 is 5.73 Å². The van der Waals surface area contributed by atoms with Gasteiger partial charge in [-0.15, -0.1) is 0 Å². The first kappa shape index (κ1) is 27.9. The number of nitrogens with two attached hydrogens (primary N) is 1. The third-order valence-electron chi connectivity index (χ3n) is 6.90. The molecule has 1 aliphatic carbocycles. The van der Waals surface area contributed by atoms with Crippen LogP contribution in [0.1, 0.15) is 74.3 Å². The summed E-state index contributed by atoms with van der Waals surface area (Å²) in [5, 5.41) is 0. The Morgan fingerprint density at radius 1 is 1.00 bits per heavy atom.